The molecule has 0 amide bonds. The van der Waals surface area contributed by atoms with E-state index in [1.165, 1.54) is 51.4 Å². The quantitative estimate of drug-likeness (QED) is 0.0873. The van der Waals surface area contributed by atoms with E-state index in [-0.39, 0.29) is 23.8 Å². The zero-order chi connectivity index (χ0) is 31.1. The van der Waals surface area contributed by atoms with Crippen LogP contribution in [0.15, 0.2) is 52.7 Å². The maximum Gasteiger partial charge on any atom is 0.314 e. The molecule has 7 nitrogen and oxygen atoms in total. The van der Waals surface area contributed by atoms with Gasteiger partial charge in [0.2, 0.25) is 0 Å². The molecule has 0 atom stereocenters. The van der Waals surface area contributed by atoms with Crippen molar-refractivity contribution in [1.29, 1.82) is 0 Å². The molecule has 2 aliphatic rings. The Balaban J connectivity index is 1.29. The molecule has 0 N–H and O–H groups in total. The number of nitrogens with zero attached hydrogens (tertiary/aromatic N) is 2. The number of esters is 2. The van der Waals surface area contributed by atoms with Gasteiger partial charge >= 0.3 is 11.9 Å². The fourth-order valence-corrected chi connectivity index (χ4v) is 6.61. The summed E-state index contributed by atoms with van der Waals surface area (Å²) in [6, 6.07) is 12.2. The van der Waals surface area contributed by atoms with E-state index in [2.05, 4.69) is 24.1 Å². The number of azo groups is 1. The molecular formula is C37H52N2O5. The van der Waals surface area contributed by atoms with Crippen LogP contribution in [0.2, 0.25) is 0 Å². The first kappa shape index (κ1) is 33.7. The van der Waals surface area contributed by atoms with E-state index < -0.39 is 0 Å². The Hall–Kier alpha value is -3.22. The van der Waals surface area contributed by atoms with Crippen molar-refractivity contribution in [2.45, 2.75) is 117 Å². The Labute approximate surface area is 264 Å². The van der Waals surface area contributed by atoms with Crippen molar-refractivity contribution in [3.8, 4) is 17.2 Å². The number of benzene rings is 2. The summed E-state index contributed by atoms with van der Waals surface area (Å²) in [6.07, 6.45) is 18.2. The number of unbranched alkanes of at least 4 members (excludes halogenated alkanes) is 4. The highest BCUT2D eigenvalue weighted by Gasteiger charge is 2.29. The highest BCUT2D eigenvalue weighted by atomic mass is 16.5. The summed E-state index contributed by atoms with van der Waals surface area (Å²) in [5.41, 5.74) is 1.06. The highest BCUT2D eigenvalue weighted by Crippen LogP contribution is 2.37. The molecule has 240 valence electrons. The molecule has 0 saturated heterocycles. The zero-order valence-electron chi connectivity index (χ0n) is 27.1. The number of methoxy groups -OCH3 is 1. The Morgan fingerprint density at radius 1 is 0.659 bits per heavy atom. The zero-order valence-corrected chi connectivity index (χ0v) is 27.1. The molecule has 2 saturated carbocycles. The van der Waals surface area contributed by atoms with Crippen molar-refractivity contribution in [1.82, 2.24) is 0 Å². The summed E-state index contributed by atoms with van der Waals surface area (Å²) in [5.74, 6) is 2.46. The van der Waals surface area contributed by atoms with Crippen molar-refractivity contribution in [2.24, 2.45) is 33.9 Å². The molecule has 2 aliphatic carbocycles. The SMILES string of the molecule is CCCCCC1CCC(C(=O)Oc2ccc(N=Nc3ccc(OC)cc3OC(=O)C3CCC(CCCCC)CC3)cc2)CC1. The van der Waals surface area contributed by atoms with Crippen LogP contribution in [0, 0.1) is 23.7 Å². The molecular weight excluding hydrogens is 552 g/mol. The van der Waals surface area contributed by atoms with Crippen LogP contribution in [0.3, 0.4) is 0 Å². The third-order valence-electron chi connectivity index (χ3n) is 9.50. The first-order valence-electron chi connectivity index (χ1n) is 17.1. The second-order valence-electron chi connectivity index (χ2n) is 12.8. The second-order valence-corrected chi connectivity index (χ2v) is 12.8. The molecule has 44 heavy (non-hydrogen) atoms. The minimum atomic E-state index is -0.210. The van der Waals surface area contributed by atoms with E-state index in [1.54, 1.807) is 49.6 Å². The van der Waals surface area contributed by atoms with Gasteiger partial charge in [-0.3, -0.25) is 9.59 Å². The lowest BCUT2D eigenvalue weighted by molar-refractivity contribution is -0.141. The fraction of sp³-hybridized carbons (Fsp3) is 0.622. The van der Waals surface area contributed by atoms with Crippen LogP contribution in [0.5, 0.6) is 17.2 Å². The Kier molecular flexibility index (Phi) is 13.7. The summed E-state index contributed by atoms with van der Waals surface area (Å²) in [5, 5.41) is 8.75. The van der Waals surface area contributed by atoms with E-state index in [4.69, 9.17) is 14.2 Å². The molecule has 0 spiro atoms. The van der Waals surface area contributed by atoms with Crippen LogP contribution in [0.25, 0.3) is 0 Å². The third kappa shape index (κ3) is 10.4. The highest BCUT2D eigenvalue weighted by molar-refractivity contribution is 5.77. The van der Waals surface area contributed by atoms with Gasteiger partial charge < -0.3 is 14.2 Å². The average molecular weight is 605 g/mol. The van der Waals surface area contributed by atoms with Gasteiger partial charge in [0.1, 0.15) is 17.2 Å². The molecule has 0 unspecified atom stereocenters. The van der Waals surface area contributed by atoms with Gasteiger partial charge in [0.15, 0.2) is 5.75 Å². The Morgan fingerprint density at radius 2 is 1.18 bits per heavy atom. The number of rotatable bonds is 15. The lowest BCUT2D eigenvalue weighted by Gasteiger charge is -2.27. The molecule has 0 heterocycles. The average Bonchev–Trinajstić information content (AvgIpc) is 3.05. The largest absolute Gasteiger partial charge is 0.497 e. The van der Waals surface area contributed by atoms with Crippen LogP contribution < -0.4 is 14.2 Å². The smallest absolute Gasteiger partial charge is 0.314 e. The molecule has 0 aliphatic heterocycles. The molecule has 0 aromatic heterocycles. The van der Waals surface area contributed by atoms with E-state index >= 15 is 0 Å². The van der Waals surface area contributed by atoms with Crippen molar-refractivity contribution in [3.05, 3.63) is 42.5 Å². The minimum Gasteiger partial charge on any atom is -0.497 e. The molecule has 0 radical (unpaired) electrons. The van der Waals surface area contributed by atoms with Gasteiger partial charge in [-0.1, -0.05) is 65.2 Å². The van der Waals surface area contributed by atoms with Gasteiger partial charge in [-0.2, -0.15) is 5.11 Å². The summed E-state index contributed by atoms with van der Waals surface area (Å²) in [6.45, 7) is 4.47. The molecule has 2 fully saturated rings. The number of hydrogen-bond acceptors (Lipinski definition) is 7. The third-order valence-corrected chi connectivity index (χ3v) is 9.50. The van der Waals surface area contributed by atoms with E-state index in [9.17, 15) is 9.59 Å². The van der Waals surface area contributed by atoms with Crippen LogP contribution in [-0.2, 0) is 9.59 Å². The monoisotopic (exact) mass is 604 g/mol. The normalized spacial score (nSPS) is 22.1. The van der Waals surface area contributed by atoms with Crippen LogP contribution in [-0.4, -0.2) is 19.0 Å². The predicted molar refractivity (Wildman–Crippen MR) is 174 cm³/mol. The van der Waals surface area contributed by atoms with Gasteiger partial charge in [-0.15, -0.1) is 5.11 Å². The minimum absolute atomic E-state index is 0.0196. The molecule has 2 aromatic rings. The van der Waals surface area contributed by atoms with Gasteiger partial charge in [-0.25, -0.2) is 0 Å². The van der Waals surface area contributed by atoms with Gasteiger partial charge in [0, 0.05) is 6.07 Å². The summed E-state index contributed by atoms with van der Waals surface area (Å²) >= 11 is 0. The maximum atomic E-state index is 13.1. The topological polar surface area (TPSA) is 86.6 Å². The van der Waals surface area contributed by atoms with Gasteiger partial charge in [0.05, 0.1) is 24.6 Å². The fourth-order valence-electron chi connectivity index (χ4n) is 6.61. The lowest BCUT2D eigenvalue weighted by atomic mass is 9.80. The molecule has 0 bridgehead atoms. The van der Waals surface area contributed by atoms with Crippen LogP contribution in [0.4, 0.5) is 11.4 Å². The summed E-state index contributed by atoms with van der Waals surface area (Å²) < 4.78 is 16.9. The Bertz CT molecular complexity index is 1190. The molecule has 2 aromatic carbocycles. The standard InChI is InChI=1S/C37H52N2O5/c1-4-6-8-10-27-12-16-29(17-13-27)36(40)43-32-22-20-31(21-23-32)38-39-34-25-24-33(42-3)26-35(34)44-37(41)30-18-14-28(15-19-30)11-9-7-5-2/h20-30H,4-19H2,1-3H3. The van der Waals surface area contributed by atoms with Gasteiger partial charge in [-0.05, 0) is 99.6 Å². The molecule has 4 rings (SSSR count). The maximum absolute atomic E-state index is 13.1. The van der Waals surface area contributed by atoms with Crippen molar-refractivity contribution in [3.63, 3.8) is 0 Å². The predicted octanol–water partition coefficient (Wildman–Crippen LogP) is 10.7. The van der Waals surface area contributed by atoms with E-state index in [1.807, 2.05) is 0 Å². The van der Waals surface area contributed by atoms with Crippen molar-refractivity contribution in [2.75, 3.05) is 7.11 Å². The number of carbonyl (C=O) groups excluding carboxylic acids is 2. The Morgan fingerprint density at radius 3 is 1.70 bits per heavy atom. The van der Waals surface area contributed by atoms with Crippen molar-refractivity contribution >= 4 is 23.3 Å². The number of hydrogen-bond donors (Lipinski definition) is 0. The lowest BCUT2D eigenvalue weighted by Crippen LogP contribution is -2.25. The van der Waals surface area contributed by atoms with Crippen LogP contribution >= 0.6 is 0 Å². The van der Waals surface area contributed by atoms with E-state index in [0.29, 0.717) is 28.6 Å². The van der Waals surface area contributed by atoms with Gasteiger partial charge in [0.25, 0.3) is 0 Å². The summed E-state index contributed by atoms with van der Waals surface area (Å²) in [4.78, 5) is 25.9. The molecule has 7 heteroatoms. The number of carbonyl (C=O) groups is 2. The van der Waals surface area contributed by atoms with Crippen LogP contribution in [0.1, 0.15) is 117 Å². The van der Waals surface area contributed by atoms with E-state index in [0.717, 1.165) is 63.2 Å². The first-order valence-corrected chi connectivity index (χ1v) is 17.1. The number of ether oxygens (including phenoxy) is 3. The second kappa shape index (κ2) is 17.9. The summed E-state index contributed by atoms with van der Waals surface area (Å²) in [7, 11) is 1.58. The van der Waals surface area contributed by atoms with Crippen molar-refractivity contribution < 1.29 is 23.8 Å². The first-order chi connectivity index (χ1) is 21.5.